The number of para-hydroxylation sites is 2. The van der Waals surface area contributed by atoms with E-state index in [4.69, 9.17) is 0 Å². The lowest BCUT2D eigenvalue weighted by atomic mass is 10.0. The second kappa shape index (κ2) is 8.19. The first-order chi connectivity index (χ1) is 15.9. The van der Waals surface area contributed by atoms with Gasteiger partial charge in [-0.2, -0.15) is 0 Å². The Morgan fingerprint density at radius 1 is 0.758 bits per heavy atom. The maximum atomic E-state index is 11.3. The Labute approximate surface area is 194 Å². The first kappa shape index (κ1) is 20.9. The molecule has 0 unspecified atom stereocenters. The summed E-state index contributed by atoms with van der Waals surface area (Å²) < 4.78 is 0. The van der Waals surface area contributed by atoms with Crippen molar-refractivity contribution in [1.29, 1.82) is 0 Å². The molecule has 0 atom stereocenters. The first-order valence-corrected chi connectivity index (χ1v) is 14.0. The highest BCUT2D eigenvalue weighted by Gasteiger charge is 2.38. The van der Waals surface area contributed by atoms with Gasteiger partial charge < -0.3 is 4.90 Å². The van der Waals surface area contributed by atoms with E-state index in [-0.39, 0.29) is 10.6 Å². The zero-order valence-electron chi connectivity index (χ0n) is 18.6. The minimum absolute atomic E-state index is 0.170. The lowest BCUT2D eigenvalue weighted by Gasteiger charge is -2.21. The van der Waals surface area contributed by atoms with Gasteiger partial charge in [0.05, 0.1) is 4.92 Å². The minimum atomic E-state index is -2.03. The van der Waals surface area contributed by atoms with Gasteiger partial charge in [0.25, 0.3) is 5.69 Å². The van der Waals surface area contributed by atoms with E-state index in [1.165, 1.54) is 10.8 Å². The molecule has 33 heavy (non-hydrogen) atoms. The van der Waals surface area contributed by atoms with Crippen LogP contribution >= 0.6 is 0 Å². The summed E-state index contributed by atoms with van der Waals surface area (Å²) in [5, 5.41) is 13.8. The second-order valence-electron chi connectivity index (χ2n) is 8.77. The maximum Gasteiger partial charge on any atom is 0.269 e. The Morgan fingerprint density at radius 2 is 1.30 bits per heavy atom. The van der Waals surface area contributed by atoms with Crippen LogP contribution < -0.4 is 15.3 Å². The average molecular weight is 449 g/mol. The number of nitro benzene ring substituents is 1. The molecule has 4 aromatic rings. The Morgan fingerprint density at radius 3 is 1.88 bits per heavy atom. The van der Waals surface area contributed by atoms with Gasteiger partial charge >= 0.3 is 0 Å². The molecule has 0 saturated heterocycles. The van der Waals surface area contributed by atoms with Crippen molar-refractivity contribution in [2.24, 2.45) is 0 Å². The quantitative estimate of drug-likeness (QED) is 0.207. The van der Waals surface area contributed by atoms with Crippen LogP contribution in [-0.2, 0) is 0 Å². The molecule has 0 aliphatic carbocycles. The topological polar surface area (TPSA) is 46.4 Å². The highest BCUT2D eigenvalue weighted by Crippen LogP contribution is 2.31. The molecule has 0 N–H and O–H groups in total. The van der Waals surface area contributed by atoms with Crippen molar-refractivity contribution in [3.63, 3.8) is 0 Å². The number of nitro groups is 1. The van der Waals surface area contributed by atoms with Gasteiger partial charge in [-0.3, -0.25) is 10.1 Å². The van der Waals surface area contributed by atoms with Crippen molar-refractivity contribution in [2.75, 3.05) is 4.90 Å². The summed E-state index contributed by atoms with van der Waals surface area (Å²) >= 11 is 0. The molecule has 0 spiro atoms. The maximum absolute atomic E-state index is 11.3. The molecule has 5 rings (SSSR count). The summed E-state index contributed by atoms with van der Waals surface area (Å²) in [6.07, 6.45) is 4.24. The van der Waals surface area contributed by atoms with Gasteiger partial charge in [0.1, 0.15) is 8.07 Å². The van der Waals surface area contributed by atoms with Gasteiger partial charge in [-0.25, -0.2) is 0 Å². The molecule has 4 nitrogen and oxygen atoms in total. The third kappa shape index (κ3) is 3.77. The van der Waals surface area contributed by atoms with Gasteiger partial charge in [0.15, 0.2) is 0 Å². The van der Waals surface area contributed by atoms with Crippen molar-refractivity contribution in [2.45, 2.75) is 13.1 Å². The minimum Gasteiger partial charge on any atom is -0.317 e. The van der Waals surface area contributed by atoms with Crippen LogP contribution in [-0.4, -0.2) is 13.0 Å². The number of benzene rings is 4. The molecule has 0 aromatic heterocycles. The van der Waals surface area contributed by atoms with Crippen molar-refractivity contribution < 1.29 is 4.92 Å². The fourth-order valence-electron chi connectivity index (χ4n) is 4.62. The Hall–Kier alpha value is -3.96. The molecular formula is C28H24N2O2Si. The Kier molecular flexibility index (Phi) is 5.19. The van der Waals surface area contributed by atoms with Crippen LogP contribution in [0.2, 0.25) is 13.1 Å². The third-order valence-electron chi connectivity index (χ3n) is 6.38. The molecule has 4 aromatic carbocycles. The van der Waals surface area contributed by atoms with Crippen LogP contribution in [0.5, 0.6) is 0 Å². The van der Waals surface area contributed by atoms with Crippen LogP contribution in [0.25, 0.3) is 17.2 Å². The normalized spacial score (nSPS) is 13.5. The largest absolute Gasteiger partial charge is 0.317 e. The number of hydrogen-bond acceptors (Lipinski definition) is 3. The van der Waals surface area contributed by atoms with E-state index in [9.17, 15) is 10.1 Å². The lowest BCUT2D eigenvalue weighted by molar-refractivity contribution is -0.384. The summed E-state index contributed by atoms with van der Waals surface area (Å²) in [6, 6.07) is 32.5. The SMILES string of the molecule is C[Si]1(C)c2cc(/C=C/N(c3ccccc3)c3ccccc3)ccc2-c2ccc([N+](=O)[O-])cc21. The van der Waals surface area contributed by atoms with E-state index in [0.717, 1.165) is 27.7 Å². The van der Waals surface area contributed by atoms with Crippen LogP contribution in [0.1, 0.15) is 5.56 Å². The smallest absolute Gasteiger partial charge is 0.269 e. The highest BCUT2D eigenvalue weighted by atomic mass is 28.3. The molecule has 0 radical (unpaired) electrons. The standard InChI is InChI=1S/C28H24N2O2Si/c1-33(2)27-19-21(13-15-25(27)26-16-14-24(30(31)32)20-28(26)33)17-18-29(22-9-5-3-6-10-22)23-11-7-4-8-12-23/h3-20H,1-2H3/b18-17+. The van der Waals surface area contributed by atoms with Crippen molar-refractivity contribution >= 4 is 41.6 Å². The third-order valence-corrected chi connectivity index (χ3v) is 9.90. The zero-order chi connectivity index (χ0) is 23.0. The Bertz CT molecular complexity index is 1330. The van der Waals surface area contributed by atoms with Crippen LogP contribution in [0.3, 0.4) is 0 Å². The fourth-order valence-corrected chi connectivity index (χ4v) is 7.73. The van der Waals surface area contributed by atoms with Gasteiger partial charge in [-0.05, 0) is 63.5 Å². The number of rotatable bonds is 5. The summed E-state index contributed by atoms with van der Waals surface area (Å²) in [5.41, 5.74) is 5.82. The van der Waals surface area contributed by atoms with Crippen LogP contribution in [0, 0.1) is 10.1 Å². The number of non-ortho nitro benzene ring substituents is 1. The summed E-state index contributed by atoms with van der Waals surface area (Å²) in [5.74, 6) is 0. The first-order valence-electron chi connectivity index (χ1n) is 11.0. The molecule has 1 aliphatic heterocycles. The number of nitrogens with zero attached hydrogens (tertiary/aromatic N) is 2. The predicted molar refractivity (Wildman–Crippen MR) is 139 cm³/mol. The monoisotopic (exact) mass is 448 g/mol. The van der Waals surface area contributed by atoms with E-state index < -0.39 is 8.07 Å². The molecule has 0 bridgehead atoms. The van der Waals surface area contributed by atoms with E-state index >= 15 is 0 Å². The molecule has 0 amide bonds. The molecular weight excluding hydrogens is 424 g/mol. The summed E-state index contributed by atoms with van der Waals surface area (Å²) in [6.45, 7) is 4.55. The zero-order valence-corrected chi connectivity index (χ0v) is 19.6. The number of anilines is 2. The molecule has 0 fully saturated rings. The average Bonchev–Trinajstić information content (AvgIpc) is 3.06. The summed E-state index contributed by atoms with van der Waals surface area (Å²) in [4.78, 5) is 13.2. The summed E-state index contributed by atoms with van der Waals surface area (Å²) in [7, 11) is -2.03. The van der Waals surface area contributed by atoms with Crippen molar-refractivity contribution in [1.82, 2.24) is 0 Å². The van der Waals surface area contributed by atoms with Gasteiger partial charge in [-0.15, -0.1) is 0 Å². The molecule has 1 aliphatic rings. The number of fused-ring (bicyclic) bond motifs is 3. The second-order valence-corrected chi connectivity index (χ2v) is 13.1. The molecule has 5 heteroatoms. The predicted octanol–water partition coefficient (Wildman–Crippen LogP) is 6.21. The van der Waals surface area contributed by atoms with E-state index in [1.54, 1.807) is 12.1 Å². The fraction of sp³-hybridized carbons (Fsp3) is 0.0714. The van der Waals surface area contributed by atoms with Gasteiger partial charge in [-0.1, -0.05) is 67.7 Å². The Balaban J connectivity index is 1.53. The van der Waals surface area contributed by atoms with E-state index in [2.05, 4.69) is 72.7 Å². The van der Waals surface area contributed by atoms with E-state index in [1.807, 2.05) is 42.5 Å². The molecule has 1 heterocycles. The van der Waals surface area contributed by atoms with E-state index in [0.29, 0.717) is 0 Å². The number of hydrogen-bond donors (Lipinski definition) is 0. The van der Waals surface area contributed by atoms with Crippen molar-refractivity contribution in [3.05, 3.63) is 119 Å². The van der Waals surface area contributed by atoms with Crippen molar-refractivity contribution in [3.8, 4) is 11.1 Å². The molecule has 162 valence electrons. The highest BCUT2D eigenvalue weighted by molar-refractivity contribution is 7.03. The molecule has 0 saturated carbocycles. The van der Waals surface area contributed by atoms with Gasteiger partial charge in [0, 0.05) is 29.7 Å². The van der Waals surface area contributed by atoms with Crippen LogP contribution in [0.4, 0.5) is 17.1 Å². The lowest BCUT2D eigenvalue weighted by Crippen LogP contribution is -2.49. The van der Waals surface area contributed by atoms with Crippen LogP contribution in [0.15, 0.2) is 103 Å². The van der Waals surface area contributed by atoms with Gasteiger partial charge in [0.2, 0.25) is 0 Å².